The summed E-state index contributed by atoms with van der Waals surface area (Å²) in [4.78, 5) is 0. The molecule has 0 aromatic rings. The Hall–Kier alpha value is -1.32. The predicted molar refractivity (Wildman–Crippen MR) is 40.5 cm³/mol. The van der Waals surface area contributed by atoms with Crippen LogP contribution >= 0.6 is 0 Å². The summed E-state index contributed by atoms with van der Waals surface area (Å²) < 4.78 is 49.0. The molecule has 0 aliphatic carbocycles. The number of alkyl halides is 4. The average molecular weight is 468 g/mol. The van der Waals surface area contributed by atoms with Gasteiger partial charge in [0.15, 0.2) is 5.92 Å². The second-order valence-electron chi connectivity index (χ2n) is 2.91. The Morgan fingerprint density at radius 2 is 1.93 bits per heavy atom. The van der Waals surface area contributed by atoms with Crippen molar-refractivity contribution in [3.05, 3.63) is 6.10 Å². The average Bonchev–Trinajstić information content (AvgIpc) is 1.99. The van der Waals surface area contributed by atoms with Crippen molar-refractivity contribution in [3.8, 4) is 0 Å². The van der Waals surface area contributed by atoms with Gasteiger partial charge in [0.1, 0.15) is 0 Å². The number of hydrogen-bond acceptors (Lipinski definition) is 1. The van der Waals surface area contributed by atoms with Crippen LogP contribution in [0.5, 0.6) is 0 Å². The van der Waals surface area contributed by atoms with Crippen LogP contribution in [0, 0.1) is 6.10 Å². The first kappa shape index (κ1) is 15.2. The molecule has 6 heteroatoms. The topological polar surface area (TPSA) is 20.2 Å². The van der Waals surface area contributed by atoms with Crippen molar-refractivity contribution < 1.29 is 22.7 Å². The maximum absolute atomic E-state index is 12.6. The molecule has 0 aromatic carbocycles. The van der Waals surface area contributed by atoms with Crippen molar-refractivity contribution in [1.29, 1.82) is 0 Å². The van der Waals surface area contributed by atoms with Crippen molar-refractivity contribution in [3.63, 3.8) is 0 Å². The molecular weight excluding hydrogens is 455 g/mol. The fraction of sp³-hybridized carbons (Fsp3) is 0.875. The van der Waals surface area contributed by atoms with Crippen LogP contribution in [0.2, 0.25) is 0 Å². The number of aliphatic hydroxyl groups excluding tert-OH is 1. The normalized spacial score (nSPS) is 13.9. The zero-order valence-corrected chi connectivity index (χ0v) is 14.5. The summed E-state index contributed by atoms with van der Waals surface area (Å²) in [7, 11) is 0. The van der Waals surface area contributed by atoms with Crippen molar-refractivity contribution in [2.24, 2.45) is 0 Å². The van der Waals surface area contributed by atoms with Crippen molar-refractivity contribution in [2.75, 3.05) is 6.67 Å². The van der Waals surface area contributed by atoms with Gasteiger partial charge in [-0.2, -0.15) is 0 Å². The van der Waals surface area contributed by atoms with Gasteiger partial charge in [0.05, 0.1) is 12.8 Å². The summed E-state index contributed by atoms with van der Waals surface area (Å²) in [5.74, 6) is -3.52. The Balaban J connectivity index is 0. The third-order valence-corrected chi connectivity index (χ3v) is 1.61. The standard InChI is InChI=1S/C8H13F4O.Rf/c1-6(10)2-3-7(13)8(11,12)4-5-9;/h6,13H,2-5H2,1H3;/q-1;. The molecule has 0 aliphatic rings. The van der Waals surface area contributed by atoms with Gasteiger partial charge in [-0.1, -0.05) is 0 Å². The fourth-order valence-corrected chi connectivity index (χ4v) is 0.781. The summed E-state index contributed by atoms with van der Waals surface area (Å²) in [6.07, 6.45) is -4.02. The first-order valence-electron chi connectivity index (χ1n) is 4.03. The van der Waals surface area contributed by atoms with E-state index in [2.05, 4.69) is 0 Å². The van der Waals surface area contributed by atoms with E-state index in [0.29, 0.717) is 0 Å². The summed E-state index contributed by atoms with van der Waals surface area (Å²) in [5, 5.41) is 8.79. The third kappa shape index (κ3) is 5.35. The van der Waals surface area contributed by atoms with Gasteiger partial charge in [0.2, 0.25) is 0 Å². The van der Waals surface area contributed by atoms with Gasteiger partial charge < -0.3 is 5.11 Å². The SMILES string of the molecule is CC(F)CC[C-](O)C(F)(F)CCF.[Rf]. The second kappa shape index (κ2) is 6.18. The molecule has 0 radical (unpaired) electrons. The van der Waals surface area contributed by atoms with Gasteiger partial charge in [-0.05, 0) is 13.3 Å². The third-order valence-electron chi connectivity index (χ3n) is 1.61. The van der Waals surface area contributed by atoms with Crippen LogP contribution in [0.15, 0.2) is 0 Å². The smallest absolute Gasteiger partial charge is 0.158 e. The molecule has 0 saturated carbocycles. The number of hydrogen-bond donors (Lipinski definition) is 1. The minimum Gasteiger partial charge on any atom is -0.557 e. The summed E-state index contributed by atoms with van der Waals surface area (Å²) >= 11 is 0. The van der Waals surface area contributed by atoms with Crippen LogP contribution < -0.4 is 0 Å². The molecule has 1 N–H and O–H groups in total. The molecule has 1 unspecified atom stereocenters. The van der Waals surface area contributed by atoms with E-state index in [1.165, 1.54) is 6.92 Å². The Bertz CT molecular complexity index is 143. The molecular formula is C8H13F4ORf-. The monoisotopic (exact) mass is 468 g/mol. The van der Waals surface area contributed by atoms with E-state index in [0.717, 1.165) is 0 Å². The molecule has 0 rings (SSSR count). The van der Waals surface area contributed by atoms with Crippen LogP contribution in [0.3, 0.4) is 0 Å². The Morgan fingerprint density at radius 3 is 2.29 bits per heavy atom. The Labute approximate surface area is 74.8 Å². The van der Waals surface area contributed by atoms with E-state index in [9.17, 15) is 17.6 Å². The largest absolute Gasteiger partial charge is 0.557 e. The van der Waals surface area contributed by atoms with Gasteiger partial charge in [0, 0.05) is 6.42 Å². The summed E-state index contributed by atoms with van der Waals surface area (Å²) in [6, 6.07) is 0. The van der Waals surface area contributed by atoms with Crippen molar-refractivity contribution in [1.82, 2.24) is 0 Å². The molecule has 0 saturated heterocycles. The van der Waals surface area contributed by atoms with Gasteiger partial charge in [-0.15, -0.1) is 12.5 Å². The zero-order valence-electron chi connectivity index (χ0n) is 8.07. The summed E-state index contributed by atoms with van der Waals surface area (Å²) in [6.45, 7) is 0.00279. The van der Waals surface area contributed by atoms with E-state index < -0.39 is 37.7 Å². The maximum atomic E-state index is 12.6. The van der Waals surface area contributed by atoms with E-state index in [4.69, 9.17) is 5.11 Å². The number of rotatable bonds is 6. The van der Waals surface area contributed by atoms with Crippen LogP contribution in [0.4, 0.5) is 17.6 Å². The van der Waals surface area contributed by atoms with Gasteiger partial charge >= 0.3 is 0 Å². The number of halogens is 4. The predicted octanol–water partition coefficient (Wildman–Crippen LogP) is 3.02. The molecule has 1 atom stereocenters. The maximum Gasteiger partial charge on any atom is 0.158 e. The Kier molecular flexibility index (Phi) is 6.70. The van der Waals surface area contributed by atoms with Gasteiger partial charge in [-0.25, -0.2) is 13.2 Å². The first-order chi connectivity index (χ1) is 5.90. The van der Waals surface area contributed by atoms with Gasteiger partial charge in [-0.3, -0.25) is 4.39 Å². The minimum atomic E-state index is -3.52. The van der Waals surface area contributed by atoms with Crippen LogP contribution in [0.1, 0.15) is 26.2 Å². The quantitative estimate of drug-likeness (QED) is 0.470. The first-order valence-corrected chi connectivity index (χ1v) is 4.03. The molecule has 0 amide bonds. The molecule has 0 fully saturated rings. The summed E-state index contributed by atoms with van der Waals surface area (Å²) in [5.41, 5.74) is 0. The zero-order chi connectivity index (χ0) is 10.5. The fourth-order valence-electron chi connectivity index (χ4n) is 0.781. The molecule has 0 aliphatic heterocycles. The molecule has 0 heterocycles. The second-order valence-corrected chi connectivity index (χ2v) is 2.91. The molecule has 0 bridgehead atoms. The Morgan fingerprint density at radius 1 is 1.43 bits per heavy atom. The molecule has 14 heavy (non-hydrogen) atoms. The molecule has 1 nitrogen and oxygen atoms in total. The van der Waals surface area contributed by atoms with Crippen LogP contribution in [-0.2, 0) is 0 Å². The van der Waals surface area contributed by atoms with Crippen molar-refractivity contribution in [2.45, 2.75) is 38.3 Å². The van der Waals surface area contributed by atoms with Gasteiger partial charge in [0.25, 0.3) is 0 Å². The van der Waals surface area contributed by atoms with Crippen LogP contribution in [0.25, 0.3) is 0 Å². The number of aliphatic hydroxyl groups is 1. The molecule has 0 spiro atoms. The van der Waals surface area contributed by atoms with E-state index >= 15 is 0 Å². The molecule has 82 valence electrons. The van der Waals surface area contributed by atoms with E-state index in [-0.39, 0.29) is 6.42 Å². The van der Waals surface area contributed by atoms with Crippen molar-refractivity contribution >= 4 is 0 Å². The van der Waals surface area contributed by atoms with E-state index in [1.807, 2.05) is 0 Å². The van der Waals surface area contributed by atoms with E-state index in [1.54, 1.807) is 0 Å². The molecule has 0 aromatic heterocycles. The van der Waals surface area contributed by atoms with Crippen LogP contribution in [-0.4, -0.2) is 23.9 Å². The minimum absolute atomic E-state index is 0.